The van der Waals surface area contributed by atoms with E-state index < -0.39 is 0 Å². The van der Waals surface area contributed by atoms with Crippen molar-refractivity contribution in [2.24, 2.45) is 14.1 Å². The van der Waals surface area contributed by atoms with Gasteiger partial charge in [0.05, 0.1) is 4.92 Å². The summed E-state index contributed by atoms with van der Waals surface area (Å²) in [4.78, 5) is 10.4. The van der Waals surface area contributed by atoms with Gasteiger partial charge in [-0.25, -0.2) is 0 Å². The number of nitrogens with zero attached hydrogens (tertiary/aromatic N) is 3. The van der Waals surface area contributed by atoms with Crippen LogP contribution in [0, 0.1) is 10.1 Å². The zero-order valence-corrected chi connectivity index (χ0v) is 22.2. The second-order valence-corrected chi connectivity index (χ2v) is 9.89. The van der Waals surface area contributed by atoms with Gasteiger partial charge in [-0.2, -0.15) is 0 Å². The minimum atomic E-state index is -0.383. The number of rotatable bonds is 3. The highest BCUT2D eigenvalue weighted by Crippen LogP contribution is 2.31. The van der Waals surface area contributed by atoms with Crippen LogP contribution in [0.25, 0.3) is 44.3 Å². The maximum Gasteiger partial charge on any atom is 0.270 e. The van der Waals surface area contributed by atoms with Gasteiger partial charge in [-0.3, -0.25) is 10.1 Å². The first-order valence-corrected chi connectivity index (χ1v) is 12.6. The minimum Gasteiger partial charge on any atom is -0.399 e. The van der Waals surface area contributed by atoms with Crippen molar-refractivity contribution < 1.29 is 4.92 Å². The molecule has 2 heterocycles. The van der Waals surface area contributed by atoms with Crippen LogP contribution < -0.4 is 5.73 Å². The van der Waals surface area contributed by atoms with Crippen LogP contribution in [0.3, 0.4) is 0 Å². The van der Waals surface area contributed by atoms with Gasteiger partial charge >= 0.3 is 0 Å². The van der Waals surface area contributed by atoms with Gasteiger partial charge in [0.15, 0.2) is 0 Å². The molecule has 4 aromatic carbocycles. The lowest BCUT2D eigenvalue weighted by Gasteiger charge is -2.04. The van der Waals surface area contributed by atoms with E-state index in [9.17, 15) is 10.1 Å². The van der Waals surface area contributed by atoms with E-state index in [1.165, 1.54) is 11.6 Å². The summed E-state index contributed by atoms with van der Waals surface area (Å²) in [6, 6.07) is 30.3. The summed E-state index contributed by atoms with van der Waals surface area (Å²) in [6.07, 6.45) is 0. The Morgan fingerprint density at radius 2 is 1.18 bits per heavy atom. The van der Waals surface area contributed by atoms with Gasteiger partial charge in [0.1, 0.15) is 0 Å². The zero-order valence-electron chi connectivity index (χ0n) is 20.7. The highest BCUT2D eigenvalue weighted by Gasteiger charge is 2.12. The number of nitro benzene ring substituents is 1. The fourth-order valence-corrected chi connectivity index (χ4v) is 5.05. The highest BCUT2D eigenvalue weighted by atomic mass is 35.5. The number of aromatic nitrogens is 2. The summed E-state index contributed by atoms with van der Waals surface area (Å²) in [6.45, 7) is 0. The number of hydrogen-bond acceptors (Lipinski definition) is 3. The molecular formula is C30H24Cl2N4O2. The summed E-state index contributed by atoms with van der Waals surface area (Å²) in [5, 5.41) is 14.2. The third kappa shape index (κ3) is 4.96. The Morgan fingerprint density at radius 1 is 0.684 bits per heavy atom. The molecule has 0 radical (unpaired) electrons. The van der Waals surface area contributed by atoms with Crippen molar-refractivity contribution in [1.29, 1.82) is 0 Å². The lowest BCUT2D eigenvalue weighted by molar-refractivity contribution is -0.384. The number of nitrogen functional groups attached to an aromatic ring is 1. The minimum absolute atomic E-state index is 0.0979. The van der Waals surface area contributed by atoms with Crippen molar-refractivity contribution in [3.8, 4) is 22.5 Å². The predicted molar refractivity (Wildman–Crippen MR) is 158 cm³/mol. The molecule has 0 aliphatic carbocycles. The molecule has 0 aliphatic rings. The lowest BCUT2D eigenvalue weighted by Crippen LogP contribution is -1.91. The summed E-state index contributed by atoms with van der Waals surface area (Å²) in [7, 11) is 3.99. The Hall–Kier alpha value is -4.26. The number of aryl methyl sites for hydroxylation is 2. The SMILES string of the molecule is Cn1c(-c2cccc(Cl)c2)cc2cc(N)ccc21.Cn1c(-c2cccc(Cl)c2)cc2cc([N+](=O)[O-])ccc21. The molecule has 190 valence electrons. The Balaban J connectivity index is 0.000000156. The summed E-state index contributed by atoms with van der Waals surface area (Å²) < 4.78 is 4.16. The first-order valence-electron chi connectivity index (χ1n) is 11.8. The monoisotopic (exact) mass is 542 g/mol. The summed E-state index contributed by atoms with van der Waals surface area (Å²) in [5.74, 6) is 0. The normalized spacial score (nSPS) is 10.9. The predicted octanol–water partition coefficient (Wildman–Crippen LogP) is 8.49. The molecule has 0 amide bonds. The molecule has 0 fully saturated rings. The van der Waals surface area contributed by atoms with E-state index in [-0.39, 0.29) is 10.6 Å². The molecule has 0 atom stereocenters. The van der Waals surface area contributed by atoms with E-state index in [1.807, 2.05) is 78.3 Å². The Labute approximate surface area is 229 Å². The van der Waals surface area contributed by atoms with Gasteiger partial charge in [-0.15, -0.1) is 0 Å². The van der Waals surface area contributed by atoms with Gasteiger partial charge in [0.2, 0.25) is 0 Å². The van der Waals surface area contributed by atoms with Crippen LogP contribution in [-0.4, -0.2) is 14.1 Å². The number of anilines is 1. The van der Waals surface area contributed by atoms with Gasteiger partial charge in [0, 0.05) is 75.2 Å². The van der Waals surface area contributed by atoms with Crippen LogP contribution in [0.1, 0.15) is 0 Å². The quantitative estimate of drug-likeness (QED) is 0.138. The second-order valence-electron chi connectivity index (χ2n) is 9.02. The maximum atomic E-state index is 10.8. The standard InChI is InChI=1S/C15H11ClN2O2.C15H13ClN2/c1-17-14-6-5-13(18(19)20)8-11(14)9-15(17)10-3-2-4-12(16)7-10;1-18-14-6-5-13(17)8-11(14)9-15(18)10-3-2-4-12(16)7-10/h2-9H,1H3;2-9H,17H2,1H3. The van der Waals surface area contributed by atoms with E-state index in [0.717, 1.165) is 49.5 Å². The van der Waals surface area contributed by atoms with Crippen LogP contribution in [-0.2, 0) is 14.1 Å². The highest BCUT2D eigenvalue weighted by molar-refractivity contribution is 6.31. The molecule has 2 N–H and O–H groups in total. The number of fused-ring (bicyclic) bond motifs is 2. The van der Waals surface area contributed by atoms with Gasteiger partial charge in [-0.1, -0.05) is 47.5 Å². The molecule has 6 rings (SSSR count). The molecule has 38 heavy (non-hydrogen) atoms. The van der Waals surface area contributed by atoms with E-state index in [4.69, 9.17) is 28.9 Å². The molecule has 6 aromatic rings. The molecule has 8 heteroatoms. The van der Waals surface area contributed by atoms with E-state index >= 15 is 0 Å². The number of nitro groups is 1. The van der Waals surface area contributed by atoms with Crippen LogP contribution >= 0.6 is 23.2 Å². The number of benzene rings is 4. The van der Waals surface area contributed by atoms with Crippen molar-refractivity contribution in [3.63, 3.8) is 0 Å². The third-order valence-corrected chi connectivity index (χ3v) is 7.01. The number of nitrogens with two attached hydrogens (primary N) is 1. The smallest absolute Gasteiger partial charge is 0.270 e. The Kier molecular flexibility index (Phi) is 6.85. The fourth-order valence-electron chi connectivity index (χ4n) is 4.67. The van der Waals surface area contributed by atoms with E-state index in [1.54, 1.807) is 12.1 Å². The maximum absolute atomic E-state index is 10.8. The second kappa shape index (κ2) is 10.2. The summed E-state index contributed by atoms with van der Waals surface area (Å²) in [5.41, 5.74) is 13.0. The molecule has 0 bridgehead atoms. The van der Waals surface area contributed by atoms with E-state index in [2.05, 4.69) is 23.7 Å². The van der Waals surface area contributed by atoms with Crippen molar-refractivity contribution in [2.75, 3.05) is 5.73 Å². The third-order valence-electron chi connectivity index (χ3n) is 6.54. The van der Waals surface area contributed by atoms with E-state index in [0.29, 0.717) is 5.02 Å². The lowest BCUT2D eigenvalue weighted by atomic mass is 10.1. The van der Waals surface area contributed by atoms with Crippen molar-refractivity contribution in [2.45, 2.75) is 0 Å². The molecule has 0 saturated heterocycles. The van der Waals surface area contributed by atoms with Crippen molar-refractivity contribution >= 4 is 56.4 Å². The molecule has 0 saturated carbocycles. The Morgan fingerprint density at radius 3 is 1.68 bits per heavy atom. The molecule has 6 nitrogen and oxygen atoms in total. The largest absolute Gasteiger partial charge is 0.399 e. The van der Waals surface area contributed by atoms with Crippen LogP contribution in [0.2, 0.25) is 10.0 Å². The van der Waals surface area contributed by atoms with Crippen LogP contribution in [0.4, 0.5) is 11.4 Å². The zero-order chi connectivity index (χ0) is 27.0. The number of halogens is 2. The summed E-state index contributed by atoms with van der Waals surface area (Å²) >= 11 is 12.1. The van der Waals surface area contributed by atoms with Gasteiger partial charge < -0.3 is 14.9 Å². The molecule has 0 aliphatic heterocycles. The molecule has 0 unspecified atom stereocenters. The first-order chi connectivity index (χ1) is 18.2. The van der Waals surface area contributed by atoms with Crippen LogP contribution in [0.5, 0.6) is 0 Å². The first kappa shape index (κ1) is 25.4. The number of non-ortho nitro benzene ring substituents is 1. The molecule has 0 spiro atoms. The Bertz CT molecular complexity index is 1820. The number of hydrogen-bond donors (Lipinski definition) is 1. The fraction of sp³-hybridized carbons (Fsp3) is 0.0667. The van der Waals surface area contributed by atoms with Crippen molar-refractivity contribution in [3.05, 3.63) is 117 Å². The average Bonchev–Trinajstić information content (AvgIpc) is 3.40. The topological polar surface area (TPSA) is 79.0 Å². The molecule has 2 aromatic heterocycles. The van der Waals surface area contributed by atoms with Crippen molar-refractivity contribution in [1.82, 2.24) is 9.13 Å². The molecular weight excluding hydrogens is 519 g/mol. The van der Waals surface area contributed by atoms with Gasteiger partial charge in [0.25, 0.3) is 5.69 Å². The average molecular weight is 543 g/mol. The van der Waals surface area contributed by atoms with Gasteiger partial charge in [-0.05, 0) is 71.8 Å². The van der Waals surface area contributed by atoms with Crippen LogP contribution in [0.15, 0.2) is 97.1 Å².